The quantitative estimate of drug-likeness (QED) is 0.942. The van der Waals surface area contributed by atoms with Gasteiger partial charge in [0, 0.05) is 4.47 Å². The molecule has 5 heteroatoms. The number of nitrogens with two attached hydrogens (primary N) is 1. The Labute approximate surface area is 100 Å². The number of hydrogen-bond donors (Lipinski definition) is 1. The highest BCUT2D eigenvalue weighted by Crippen LogP contribution is 2.20. The van der Waals surface area contributed by atoms with Crippen molar-refractivity contribution in [1.82, 2.24) is 4.98 Å². The Kier molecular flexibility index (Phi) is 3.23. The van der Waals surface area contributed by atoms with Crippen molar-refractivity contribution in [2.75, 3.05) is 5.73 Å². The van der Waals surface area contributed by atoms with Crippen LogP contribution in [-0.2, 0) is 6.61 Å². The smallest absolute Gasteiger partial charge is 0.133 e. The Hall–Kier alpha value is -1.07. The summed E-state index contributed by atoms with van der Waals surface area (Å²) in [4.78, 5) is 4.11. The van der Waals surface area contributed by atoms with Gasteiger partial charge in [0.15, 0.2) is 0 Å². The summed E-state index contributed by atoms with van der Waals surface area (Å²) < 4.78 is 6.56. The highest BCUT2D eigenvalue weighted by atomic mass is 79.9. The van der Waals surface area contributed by atoms with Gasteiger partial charge in [0.05, 0.1) is 5.51 Å². The molecule has 2 aromatic rings. The Morgan fingerprint density at radius 3 is 2.67 bits per heavy atom. The van der Waals surface area contributed by atoms with Crippen molar-refractivity contribution in [2.24, 2.45) is 0 Å². The molecule has 0 saturated heterocycles. The molecule has 0 atom stereocenters. The molecule has 0 aliphatic rings. The zero-order valence-corrected chi connectivity index (χ0v) is 10.2. The number of benzene rings is 1. The lowest BCUT2D eigenvalue weighted by atomic mass is 10.3. The Bertz CT molecular complexity index is 441. The van der Waals surface area contributed by atoms with Crippen LogP contribution >= 0.6 is 27.3 Å². The van der Waals surface area contributed by atoms with Crippen molar-refractivity contribution in [1.29, 1.82) is 0 Å². The minimum absolute atomic E-state index is 0.414. The van der Waals surface area contributed by atoms with Gasteiger partial charge in [-0.05, 0) is 24.3 Å². The van der Waals surface area contributed by atoms with E-state index in [0.29, 0.717) is 11.6 Å². The van der Waals surface area contributed by atoms with Crippen molar-refractivity contribution < 1.29 is 4.74 Å². The molecule has 1 heterocycles. The molecule has 78 valence electrons. The highest BCUT2D eigenvalue weighted by molar-refractivity contribution is 9.10. The monoisotopic (exact) mass is 284 g/mol. The van der Waals surface area contributed by atoms with Crippen molar-refractivity contribution >= 4 is 32.3 Å². The van der Waals surface area contributed by atoms with Crippen LogP contribution in [0.25, 0.3) is 0 Å². The lowest BCUT2D eigenvalue weighted by Gasteiger charge is -2.04. The number of nitrogen functional groups attached to an aromatic ring is 1. The predicted molar refractivity (Wildman–Crippen MR) is 65.0 cm³/mol. The molecular weight excluding hydrogens is 276 g/mol. The van der Waals surface area contributed by atoms with E-state index in [1.165, 1.54) is 11.3 Å². The highest BCUT2D eigenvalue weighted by Gasteiger charge is 2.02. The van der Waals surface area contributed by atoms with Crippen LogP contribution in [0.15, 0.2) is 34.2 Å². The predicted octanol–water partition coefficient (Wildman–Crippen LogP) is 3.07. The van der Waals surface area contributed by atoms with Gasteiger partial charge in [-0.15, -0.1) is 11.3 Å². The molecular formula is C10H9BrN2OS. The Balaban J connectivity index is 1.99. The van der Waals surface area contributed by atoms with Gasteiger partial charge in [-0.3, -0.25) is 0 Å². The molecule has 3 nitrogen and oxygen atoms in total. The minimum Gasteiger partial charge on any atom is -0.487 e. The molecule has 0 radical (unpaired) electrons. The van der Waals surface area contributed by atoms with Crippen LogP contribution in [0.1, 0.15) is 5.69 Å². The van der Waals surface area contributed by atoms with E-state index < -0.39 is 0 Å². The van der Waals surface area contributed by atoms with Gasteiger partial charge in [-0.1, -0.05) is 15.9 Å². The van der Waals surface area contributed by atoms with Crippen LogP contribution < -0.4 is 10.5 Å². The molecule has 15 heavy (non-hydrogen) atoms. The van der Waals surface area contributed by atoms with Crippen molar-refractivity contribution in [3.8, 4) is 5.75 Å². The number of aromatic nitrogens is 1. The van der Waals surface area contributed by atoms with Gasteiger partial charge >= 0.3 is 0 Å². The van der Waals surface area contributed by atoms with Gasteiger partial charge in [0.25, 0.3) is 0 Å². The first kappa shape index (κ1) is 10.4. The van der Waals surface area contributed by atoms with E-state index in [-0.39, 0.29) is 0 Å². The van der Waals surface area contributed by atoms with Crippen LogP contribution in [0, 0.1) is 0 Å². The standard InChI is InChI=1S/C10H9BrN2OS/c11-7-1-3-8(4-2-7)14-5-9-10(12)15-6-13-9/h1-4,6H,5,12H2. The first-order valence-electron chi connectivity index (χ1n) is 4.32. The molecule has 0 fully saturated rings. The van der Waals surface area contributed by atoms with Gasteiger partial charge in [-0.2, -0.15) is 0 Å². The third-order valence-electron chi connectivity index (χ3n) is 1.86. The fourth-order valence-corrected chi connectivity index (χ4v) is 1.87. The van der Waals surface area contributed by atoms with Crippen molar-refractivity contribution in [3.63, 3.8) is 0 Å². The fraction of sp³-hybridized carbons (Fsp3) is 0.100. The molecule has 0 aliphatic heterocycles. The molecule has 1 aromatic heterocycles. The molecule has 2 rings (SSSR count). The molecule has 1 aromatic carbocycles. The zero-order valence-electron chi connectivity index (χ0n) is 7.81. The fourth-order valence-electron chi connectivity index (χ4n) is 1.07. The number of hydrogen-bond acceptors (Lipinski definition) is 4. The number of anilines is 1. The van der Waals surface area contributed by atoms with E-state index in [9.17, 15) is 0 Å². The van der Waals surface area contributed by atoms with Crippen LogP contribution in [0.5, 0.6) is 5.75 Å². The molecule has 0 spiro atoms. The number of thiazole rings is 1. The van der Waals surface area contributed by atoms with Gasteiger partial charge < -0.3 is 10.5 Å². The minimum atomic E-state index is 0.414. The van der Waals surface area contributed by atoms with Crippen LogP contribution in [0.4, 0.5) is 5.00 Å². The van der Waals surface area contributed by atoms with E-state index in [1.807, 2.05) is 24.3 Å². The number of halogens is 1. The molecule has 0 unspecified atom stereocenters. The van der Waals surface area contributed by atoms with Crippen LogP contribution in [0.2, 0.25) is 0 Å². The summed E-state index contributed by atoms with van der Waals surface area (Å²) in [5.41, 5.74) is 8.21. The number of nitrogens with zero attached hydrogens (tertiary/aromatic N) is 1. The third kappa shape index (κ3) is 2.70. The maximum Gasteiger partial charge on any atom is 0.133 e. The zero-order chi connectivity index (χ0) is 10.7. The summed E-state index contributed by atoms with van der Waals surface area (Å²) in [5.74, 6) is 0.811. The normalized spacial score (nSPS) is 10.2. The third-order valence-corrected chi connectivity index (χ3v) is 3.09. The second kappa shape index (κ2) is 4.63. The Morgan fingerprint density at radius 2 is 2.07 bits per heavy atom. The van der Waals surface area contributed by atoms with Crippen molar-refractivity contribution in [2.45, 2.75) is 6.61 Å². The second-order valence-corrected chi connectivity index (χ2v) is 4.71. The molecule has 0 bridgehead atoms. The lowest BCUT2D eigenvalue weighted by molar-refractivity contribution is 0.303. The number of rotatable bonds is 3. The number of ether oxygens (including phenoxy) is 1. The van der Waals surface area contributed by atoms with Crippen LogP contribution in [0.3, 0.4) is 0 Å². The molecule has 0 saturated carbocycles. The van der Waals surface area contributed by atoms with Crippen LogP contribution in [-0.4, -0.2) is 4.98 Å². The first-order chi connectivity index (χ1) is 7.25. The SMILES string of the molecule is Nc1scnc1COc1ccc(Br)cc1. The summed E-state index contributed by atoms with van der Waals surface area (Å²) in [6, 6.07) is 7.65. The second-order valence-electron chi connectivity index (χ2n) is 2.91. The maximum absolute atomic E-state index is 5.70. The summed E-state index contributed by atoms with van der Waals surface area (Å²) in [7, 11) is 0. The Morgan fingerprint density at radius 1 is 1.33 bits per heavy atom. The molecule has 0 amide bonds. The van der Waals surface area contributed by atoms with Gasteiger partial charge in [0.2, 0.25) is 0 Å². The maximum atomic E-state index is 5.70. The average Bonchev–Trinajstić information content (AvgIpc) is 2.63. The van der Waals surface area contributed by atoms with Gasteiger partial charge in [0.1, 0.15) is 23.1 Å². The largest absolute Gasteiger partial charge is 0.487 e. The van der Waals surface area contributed by atoms with Crippen molar-refractivity contribution in [3.05, 3.63) is 39.9 Å². The van der Waals surface area contributed by atoms with E-state index in [0.717, 1.165) is 15.9 Å². The molecule has 2 N–H and O–H groups in total. The first-order valence-corrected chi connectivity index (χ1v) is 5.99. The summed E-state index contributed by atoms with van der Waals surface area (Å²) in [6.07, 6.45) is 0. The summed E-state index contributed by atoms with van der Waals surface area (Å²) >= 11 is 4.78. The summed E-state index contributed by atoms with van der Waals surface area (Å²) in [5, 5.41) is 0.715. The van der Waals surface area contributed by atoms with E-state index in [1.54, 1.807) is 5.51 Å². The lowest BCUT2D eigenvalue weighted by Crippen LogP contribution is -1.98. The average molecular weight is 285 g/mol. The summed E-state index contributed by atoms with van der Waals surface area (Å²) in [6.45, 7) is 0.414. The molecule has 0 aliphatic carbocycles. The van der Waals surface area contributed by atoms with Gasteiger partial charge in [-0.25, -0.2) is 4.98 Å². The van der Waals surface area contributed by atoms with E-state index in [4.69, 9.17) is 10.5 Å². The topological polar surface area (TPSA) is 48.1 Å². The van der Waals surface area contributed by atoms with E-state index >= 15 is 0 Å². The van der Waals surface area contributed by atoms with E-state index in [2.05, 4.69) is 20.9 Å².